The predicted octanol–water partition coefficient (Wildman–Crippen LogP) is 3.43. The maximum atomic E-state index is 13.5. The molecule has 0 radical (unpaired) electrons. The van der Waals surface area contributed by atoms with E-state index in [9.17, 15) is 4.79 Å². The van der Waals surface area contributed by atoms with Crippen molar-refractivity contribution in [2.75, 3.05) is 38.1 Å². The fourth-order valence-corrected chi connectivity index (χ4v) is 6.01. The number of thiol groups is 1. The highest BCUT2D eigenvalue weighted by Gasteiger charge is 2.46. The molecule has 4 rings (SSSR count). The van der Waals surface area contributed by atoms with Crippen molar-refractivity contribution in [3.8, 4) is 0 Å². The Morgan fingerprint density at radius 1 is 1.19 bits per heavy atom. The molecule has 2 aromatic rings. The second kappa shape index (κ2) is 12.2. The number of benzene rings is 2. The number of nitrogens with zero attached hydrogens (tertiary/aromatic N) is 2. The SMILES string of the molecule is CC(C)[SH+]N1CCN(/C(C=[NH2+])=C(\OCC2(c3ccc(I)cc3)CC2)C(=O)Nc2cccc(Cl)c2)CC1. The van der Waals surface area contributed by atoms with E-state index in [1.165, 1.54) is 27.3 Å². The van der Waals surface area contributed by atoms with Gasteiger partial charge in [0.2, 0.25) is 5.76 Å². The third-order valence-corrected chi connectivity index (χ3v) is 8.62. The quantitative estimate of drug-likeness (QED) is 0.104. The summed E-state index contributed by atoms with van der Waals surface area (Å²) in [7, 11) is 0. The standard InChI is InChI=1S/C27H32ClIN4O2S/c1-19(2)36-33-14-12-32(13-15-33)24(17-30)25(26(34)31-23-5-3-4-21(28)16-23)35-18-27(10-11-27)20-6-8-22(29)9-7-20/h3-9,16-17,19,30H,10-15,18H2,1-2H3,(H,31,34)/p+2/b25-24-,30-17?. The number of hydrogen-bond donors (Lipinski definition) is 2. The summed E-state index contributed by atoms with van der Waals surface area (Å²) in [5, 5.41) is 10.2. The lowest BCUT2D eigenvalue weighted by molar-refractivity contribution is -0.117. The van der Waals surface area contributed by atoms with Gasteiger partial charge in [0.25, 0.3) is 5.91 Å². The Labute approximate surface area is 236 Å². The van der Waals surface area contributed by atoms with Crippen molar-refractivity contribution in [2.24, 2.45) is 0 Å². The molecule has 0 bridgehead atoms. The van der Waals surface area contributed by atoms with Crippen molar-refractivity contribution in [1.82, 2.24) is 9.21 Å². The highest BCUT2D eigenvalue weighted by atomic mass is 127. The minimum absolute atomic E-state index is 0.0690. The van der Waals surface area contributed by atoms with Crippen LogP contribution in [0.2, 0.25) is 5.02 Å². The van der Waals surface area contributed by atoms with E-state index >= 15 is 0 Å². The summed E-state index contributed by atoms with van der Waals surface area (Å²) < 4.78 is 10.0. The lowest BCUT2D eigenvalue weighted by Gasteiger charge is -2.32. The number of carbonyl (C=O) groups excluding carboxylic acids is 1. The van der Waals surface area contributed by atoms with Crippen molar-refractivity contribution in [3.05, 3.63) is 74.1 Å². The normalized spacial score (nSPS) is 18.0. The number of rotatable bonds is 10. The summed E-state index contributed by atoms with van der Waals surface area (Å²) in [6.45, 7) is 8.25. The maximum absolute atomic E-state index is 13.5. The number of piperazine rings is 1. The van der Waals surface area contributed by atoms with Gasteiger partial charge < -0.3 is 15.0 Å². The molecule has 0 atom stereocenters. The maximum Gasteiger partial charge on any atom is 0.293 e. The van der Waals surface area contributed by atoms with E-state index in [4.69, 9.17) is 21.7 Å². The molecule has 9 heteroatoms. The molecule has 1 aliphatic heterocycles. The molecule has 0 spiro atoms. The van der Waals surface area contributed by atoms with Crippen LogP contribution in [0.15, 0.2) is 60.0 Å². The summed E-state index contributed by atoms with van der Waals surface area (Å²) in [4.78, 5) is 15.7. The number of halogens is 2. The minimum Gasteiger partial charge on any atom is -0.485 e. The number of nitrogens with one attached hydrogen (secondary N) is 1. The van der Waals surface area contributed by atoms with Gasteiger partial charge in [0.05, 0.1) is 31.6 Å². The first-order valence-corrected chi connectivity index (χ1v) is 14.6. The van der Waals surface area contributed by atoms with Crippen molar-refractivity contribution in [2.45, 2.75) is 37.4 Å². The minimum atomic E-state index is -0.324. The van der Waals surface area contributed by atoms with E-state index < -0.39 is 0 Å². The van der Waals surface area contributed by atoms with Crippen LogP contribution in [0.4, 0.5) is 5.69 Å². The fraction of sp³-hybridized carbons (Fsp3) is 0.407. The average Bonchev–Trinajstić information content (AvgIpc) is 3.63. The van der Waals surface area contributed by atoms with E-state index in [-0.39, 0.29) is 17.1 Å². The van der Waals surface area contributed by atoms with Gasteiger partial charge >= 0.3 is 0 Å². The zero-order valence-corrected chi connectivity index (χ0v) is 24.5. The Hall–Kier alpha value is -1.75. The molecule has 2 aromatic carbocycles. The molecular weight excluding hydrogens is 607 g/mol. The van der Waals surface area contributed by atoms with Crippen molar-refractivity contribution in [1.29, 1.82) is 0 Å². The second-order valence-electron chi connectivity index (χ2n) is 9.57. The lowest BCUT2D eigenvalue weighted by Crippen LogP contribution is -2.49. The van der Waals surface area contributed by atoms with Gasteiger partial charge in [0, 0.05) is 32.8 Å². The molecule has 1 saturated carbocycles. The lowest BCUT2D eigenvalue weighted by atomic mass is 9.97. The van der Waals surface area contributed by atoms with Gasteiger partial charge in [-0.1, -0.05) is 29.8 Å². The number of carbonyl (C=O) groups is 1. The number of allylic oxidation sites excluding steroid dienone is 1. The first kappa shape index (κ1) is 27.3. The Morgan fingerprint density at radius 2 is 1.89 bits per heavy atom. The largest absolute Gasteiger partial charge is 0.485 e. The Morgan fingerprint density at radius 3 is 2.47 bits per heavy atom. The van der Waals surface area contributed by atoms with Gasteiger partial charge in [0.1, 0.15) is 10.9 Å². The molecule has 0 unspecified atom stereocenters. The van der Waals surface area contributed by atoms with E-state index in [1.807, 2.05) is 6.07 Å². The molecule has 36 heavy (non-hydrogen) atoms. The Bertz CT molecular complexity index is 1110. The van der Waals surface area contributed by atoms with Crippen LogP contribution in [0.3, 0.4) is 0 Å². The Kier molecular flexibility index (Phi) is 9.24. The fourth-order valence-electron chi connectivity index (χ4n) is 4.39. The number of hydrogen-bond acceptors (Lipinski definition) is 4. The first-order chi connectivity index (χ1) is 17.3. The van der Waals surface area contributed by atoms with Crippen molar-refractivity contribution in [3.63, 3.8) is 0 Å². The molecule has 1 saturated heterocycles. The van der Waals surface area contributed by atoms with Crippen LogP contribution in [-0.2, 0) is 26.9 Å². The van der Waals surface area contributed by atoms with Gasteiger partial charge in [0.15, 0.2) is 6.21 Å². The van der Waals surface area contributed by atoms with Crippen molar-refractivity contribution < 1.29 is 14.9 Å². The van der Waals surface area contributed by atoms with Gasteiger partial charge in [-0.05, 0) is 85.2 Å². The van der Waals surface area contributed by atoms with E-state index in [0.717, 1.165) is 39.0 Å². The van der Waals surface area contributed by atoms with Crippen LogP contribution in [0, 0.1) is 3.57 Å². The molecular formula is C27H34ClIN4O2S+2. The van der Waals surface area contributed by atoms with Crippen molar-refractivity contribution >= 4 is 63.9 Å². The number of amides is 1. The zero-order valence-electron chi connectivity index (χ0n) is 20.7. The second-order valence-corrected chi connectivity index (χ2v) is 13.1. The van der Waals surface area contributed by atoms with Crippen LogP contribution < -0.4 is 10.7 Å². The van der Waals surface area contributed by atoms with Crippen LogP contribution in [-0.4, -0.2) is 59.4 Å². The molecule has 1 heterocycles. The summed E-state index contributed by atoms with van der Waals surface area (Å²) in [6.07, 6.45) is 3.57. The third-order valence-electron chi connectivity index (χ3n) is 6.47. The van der Waals surface area contributed by atoms with Gasteiger partial charge in [-0.3, -0.25) is 10.2 Å². The first-order valence-electron chi connectivity index (χ1n) is 12.3. The number of ether oxygens (including phenoxy) is 1. The van der Waals surface area contributed by atoms with E-state index in [1.54, 1.807) is 18.2 Å². The monoisotopic (exact) mass is 640 g/mol. The summed E-state index contributed by atoms with van der Waals surface area (Å²) in [6, 6.07) is 15.7. The third kappa shape index (κ3) is 6.96. The molecule has 3 N–H and O–H groups in total. The molecule has 2 aliphatic rings. The number of anilines is 1. The zero-order chi connectivity index (χ0) is 25.7. The smallest absolute Gasteiger partial charge is 0.293 e. The van der Waals surface area contributed by atoms with Crippen LogP contribution in [0.5, 0.6) is 0 Å². The van der Waals surface area contributed by atoms with Gasteiger partial charge in [-0.15, -0.1) is 4.31 Å². The van der Waals surface area contributed by atoms with Crippen LogP contribution in [0.25, 0.3) is 0 Å². The molecule has 192 valence electrons. The Balaban J connectivity index is 1.57. The van der Waals surface area contributed by atoms with Gasteiger partial charge in [-0.2, -0.15) is 0 Å². The highest BCUT2D eigenvalue weighted by molar-refractivity contribution is 14.1. The summed E-state index contributed by atoms with van der Waals surface area (Å²) in [5.41, 5.74) is 2.43. The molecule has 0 aromatic heterocycles. The predicted molar refractivity (Wildman–Crippen MR) is 158 cm³/mol. The molecule has 6 nitrogen and oxygen atoms in total. The van der Waals surface area contributed by atoms with Crippen LogP contribution in [0.1, 0.15) is 32.3 Å². The van der Waals surface area contributed by atoms with Crippen LogP contribution >= 0.6 is 34.2 Å². The highest BCUT2D eigenvalue weighted by Crippen LogP contribution is 2.48. The molecule has 1 amide bonds. The molecule has 1 aliphatic carbocycles. The van der Waals surface area contributed by atoms with E-state index in [0.29, 0.717) is 28.3 Å². The average molecular weight is 641 g/mol. The summed E-state index contributed by atoms with van der Waals surface area (Å²) >= 11 is 9.79. The topological polar surface area (TPSA) is 70.4 Å². The summed E-state index contributed by atoms with van der Waals surface area (Å²) in [5.74, 6) is -0.0702. The van der Waals surface area contributed by atoms with E-state index in [2.05, 4.69) is 75.2 Å². The van der Waals surface area contributed by atoms with Gasteiger partial charge in [-0.25, -0.2) is 0 Å². The molecule has 2 fully saturated rings. The number of nitrogens with two attached hydrogens (primary N) is 1.